The Kier molecular flexibility index (Phi) is 5.42. The lowest BCUT2D eigenvalue weighted by molar-refractivity contribution is 0.0674. The number of carbonyl (C=O) groups is 1. The van der Waals surface area contributed by atoms with Gasteiger partial charge in [0.25, 0.3) is 5.91 Å². The van der Waals surface area contributed by atoms with E-state index >= 15 is 0 Å². The quantitative estimate of drug-likeness (QED) is 0.462. The number of furan rings is 1. The topological polar surface area (TPSA) is 88.6 Å². The highest BCUT2D eigenvalue weighted by Crippen LogP contribution is 2.30. The molecule has 1 N–H and O–H groups in total. The lowest BCUT2D eigenvalue weighted by atomic mass is 9.94. The van der Waals surface area contributed by atoms with E-state index in [9.17, 15) is 4.79 Å². The molecule has 0 aliphatic carbocycles. The normalized spacial score (nSPS) is 16.5. The number of anilines is 1. The summed E-state index contributed by atoms with van der Waals surface area (Å²) in [5.74, 6) is 1.29. The number of piperidine rings is 1. The smallest absolute Gasteiger partial charge is 0.289 e. The second kappa shape index (κ2) is 8.50. The summed E-state index contributed by atoms with van der Waals surface area (Å²) in [6, 6.07) is 9.43. The number of nitrogens with zero attached hydrogens (tertiary/aromatic N) is 5. The zero-order valence-electron chi connectivity index (χ0n) is 16.7. The van der Waals surface area contributed by atoms with Gasteiger partial charge in [0, 0.05) is 44.0 Å². The molecule has 1 fully saturated rings. The van der Waals surface area contributed by atoms with E-state index in [1.165, 1.54) is 6.26 Å². The van der Waals surface area contributed by atoms with E-state index in [2.05, 4.69) is 31.3 Å². The summed E-state index contributed by atoms with van der Waals surface area (Å²) in [6.07, 6.45) is 8.76. The molecule has 8 nitrogen and oxygen atoms in total. The Morgan fingerprint density at radius 3 is 3.03 bits per heavy atom. The predicted molar refractivity (Wildman–Crippen MR) is 119 cm³/mol. The SMILES string of the molecule is O=C(c1ccco1)N1CCCC(c2cc(NCc3cccnc3)n3ncc(Br)c3n2)C1. The van der Waals surface area contributed by atoms with Crippen LogP contribution in [-0.2, 0) is 6.54 Å². The first-order valence-electron chi connectivity index (χ1n) is 10.2. The molecule has 5 rings (SSSR count). The Balaban J connectivity index is 1.42. The molecule has 1 atom stereocenters. The molecule has 5 heterocycles. The van der Waals surface area contributed by atoms with Crippen LogP contribution in [0.3, 0.4) is 0 Å². The third-order valence-corrected chi connectivity index (χ3v) is 6.06. The number of amides is 1. The lowest BCUT2D eigenvalue weighted by Gasteiger charge is -2.32. The summed E-state index contributed by atoms with van der Waals surface area (Å²) in [5.41, 5.74) is 2.77. The van der Waals surface area contributed by atoms with Crippen molar-refractivity contribution in [3.63, 3.8) is 0 Å². The molecule has 31 heavy (non-hydrogen) atoms. The Bertz CT molecular complexity index is 1190. The molecule has 0 spiro atoms. The van der Waals surface area contributed by atoms with Crippen molar-refractivity contribution in [2.75, 3.05) is 18.4 Å². The first-order chi connectivity index (χ1) is 15.2. The van der Waals surface area contributed by atoms with E-state index < -0.39 is 0 Å². The van der Waals surface area contributed by atoms with E-state index in [-0.39, 0.29) is 11.8 Å². The number of pyridine rings is 1. The first kappa shape index (κ1) is 19.7. The molecular formula is C22H21BrN6O2. The van der Waals surface area contributed by atoms with Gasteiger partial charge in [-0.1, -0.05) is 6.07 Å². The van der Waals surface area contributed by atoms with E-state index in [0.717, 1.165) is 46.6 Å². The number of hydrogen-bond acceptors (Lipinski definition) is 6. The van der Waals surface area contributed by atoms with Crippen molar-refractivity contribution in [1.82, 2.24) is 24.5 Å². The van der Waals surface area contributed by atoms with Crippen LogP contribution in [0.25, 0.3) is 5.65 Å². The number of halogens is 1. The highest BCUT2D eigenvalue weighted by Gasteiger charge is 2.28. The van der Waals surface area contributed by atoms with Gasteiger partial charge in [0.2, 0.25) is 0 Å². The van der Waals surface area contributed by atoms with E-state index in [4.69, 9.17) is 9.40 Å². The minimum absolute atomic E-state index is 0.0729. The summed E-state index contributed by atoms with van der Waals surface area (Å²) in [7, 11) is 0. The molecule has 1 aliphatic rings. The Morgan fingerprint density at radius 1 is 1.29 bits per heavy atom. The molecule has 4 aromatic rings. The van der Waals surface area contributed by atoms with Crippen LogP contribution in [0, 0.1) is 0 Å². The maximum absolute atomic E-state index is 12.8. The number of carbonyl (C=O) groups excluding carboxylic acids is 1. The van der Waals surface area contributed by atoms with Gasteiger partial charge in [-0.25, -0.2) is 4.98 Å². The molecule has 0 aromatic carbocycles. The predicted octanol–water partition coefficient (Wildman–Crippen LogP) is 4.11. The van der Waals surface area contributed by atoms with Gasteiger partial charge in [-0.15, -0.1) is 0 Å². The molecular weight excluding hydrogens is 460 g/mol. The van der Waals surface area contributed by atoms with Crippen molar-refractivity contribution in [1.29, 1.82) is 0 Å². The summed E-state index contributed by atoms with van der Waals surface area (Å²) < 4.78 is 7.93. The Morgan fingerprint density at radius 2 is 2.23 bits per heavy atom. The molecule has 1 amide bonds. The van der Waals surface area contributed by atoms with Gasteiger partial charge in [0.15, 0.2) is 11.4 Å². The second-order valence-corrected chi connectivity index (χ2v) is 8.43. The summed E-state index contributed by atoms with van der Waals surface area (Å²) >= 11 is 3.56. The minimum Gasteiger partial charge on any atom is -0.459 e. The summed E-state index contributed by atoms with van der Waals surface area (Å²) in [6.45, 7) is 1.95. The van der Waals surface area contributed by atoms with Crippen LogP contribution in [0.5, 0.6) is 0 Å². The van der Waals surface area contributed by atoms with Gasteiger partial charge in [0.05, 0.1) is 22.6 Å². The monoisotopic (exact) mass is 480 g/mol. The highest BCUT2D eigenvalue weighted by atomic mass is 79.9. The van der Waals surface area contributed by atoms with Crippen LogP contribution < -0.4 is 5.32 Å². The maximum Gasteiger partial charge on any atom is 0.289 e. The number of fused-ring (bicyclic) bond motifs is 1. The number of nitrogens with one attached hydrogen (secondary N) is 1. The van der Waals surface area contributed by atoms with Gasteiger partial charge in [-0.2, -0.15) is 9.61 Å². The van der Waals surface area contributed by atoms with Crippen molar-refractivity contribution < 1.29 is 9.21 Å². The van der Waals surface area contributed by atoms with E-state index in [1.807, 2.05) is 29.3 Å². The van der Waals surface area contributed by atoms with Crippen molar-refractivity contribution in [2.24, 2.45) is 0 Å². The number of aromatic nitrogens is 4. The van der Waals surface area contributed by atoms with Crippen LogP contribution in [0.2, 0.25) is 0 Å². The van der Waals surface area contributed by atoms with Crippen LogP contribution in [0.15, 0.2) is 64.1 Å². The zero-order chi connectivity index (χ0) is 21.2. The Hall–Kier alpha value is -3.20. The summed E-state index contributed by atoms with van der Waals surface area (Å²) in [5, 5.41) is 7.90. The average Bonchev–Trinajstić information content (AvgIpc) is 3.48. The second-order valence-electron chi connectivity index (χ2n) is 7.58. The molecule has 4 aromatic heterocycles. The lowest BCUT2D eigenvalue weighted by Crippen LogP contribution is -2.39. The van der Waals surface area contributed by atoms with Gasteiger partial charge < -0.3 is 14.6 Å². The molecule has 1 saturated heterocycles. The van der Waals surface area contributed by atoms with Gasteiger partial charge in [-0.3, -0.25) is 9.78 Å². The molecule has 0 radical (unpaired) electrons. The average molecular weight is 481 g/mol. The molecule has 1 unspecified atom stereocenters. The number of rotatable bonds is 5. The van der Waals surface area contributed by atoms with Crippen molar-refractivity contribution >= 4 is 33.3 Å². The number of hydrogen-bond donors (Lipinski definition) is 1. The molecule has 158 valence electrons. The van der Waals surface area contributed by atoms with Crippen LogP contribution in [0.4, 0.5) is 5.82 Å². The maximum atomic E-state index is 12.8. The first-order valence-corrected chi connectivity index (χ1v) is 11.0. The molecule has 0 saturated carbocycles. The van der Waals surface area contributed by atoms with Gasteiger partial charge in [-0.05, 0) is 52.5 Å². The third-order valence-electron chi connectivity index (χ3n) is 5.50. The third kappa shape index (κ3) is 4.05. The van der Waals surface area contributed by atoms with Crippen LogP contribution in [-0.4, -0.2) is 43.5 Å². The largest absolute Gasteiger partial charge is 0.459 e. The standard InChI is InChI=1S/C22H21BrN6O2/c23-17-13-26-29-20(25-12-15-4-1-7-24-11-15)10-18(27-21(17)29)16-5-2-8-28(14-16)22(30)19-6-3-9-31-19/h1,3-4,6-7,9-11,13,16,25H,2,5,8,12,14H2. The van der Waals surface area contributed by atoms with Crippen molar-refractivity contribution in [2.45, 2.75) is 25.3 Å². The van der Waals surface area contributed by atoms with E-state index in [1.54, 1.807) is 29.0 Å². The Labute approximate surface area is 187 Å². The fraction of sp³-hybridized carbons (Fsp3) is 0.273. The van der Waals surface area contributed by atoms with E-state index in [0.29, 0.717) is 18.8 Å². The van der Waals surface area contributed by atoms with Gasteiger partial charge >= 0.3 is 0 Å². The fourth-order valence-corrected chi connectivity index (χ4v) is 4.29. The van der Waals surface area contributed by atoms with Gasteiger partial charge in [0.1, 0.15) is 5.82 Å². The summed E-state index contributed by atoms with van der Waals surface area (Å²) in [4.78, 5) is 23.7. The molecule has 9 heteroatoms. The zero-order valence-corrected chi connectivity index (χ0v) is 18.3. The minimum atomic E-state index is -0.0729. The molecule has 1 aliphatic heterocycles. The number of likely N-dealkylation sites (tertiary alicyclic amines) is 1. The van der Waals surface area contributed by atoms with Crippen molar-refractivity contribution in [3.8, 4) is 0 Å². The molecule has 0 bridgehead atoms. The van der Waals surface area contributed by atoms with Crippen molar-refractivity contribution in [3.05, 3.63) is 76.7 Å². The highest BCUT2D eigenvalue weighted by molar-refractivity contribution is 9.10. The van der Waals surface area contributed by atoms with Crippen LogP contribution >= 0.6 is 15.9 Å². The van der Waals surface area contributed by atoms with Crippen LogP contribution in [0.1, 0.15) is 40.6 Å². The fourth-order valence-electron chi connectivity index (χ4n) is 3.94.